The van der Waals surface area contributed by atoms with E-state index in [0.29, 0.717) is 5.92 Å². The lowest BCUT2D eigenvalue weighted by molar-refractivity contribution is 0.516. The summed E-state index contributed by atoms with van der Waals surface area (Å²) in [5.74, 6) is 1.24. The van der Waals surface area contributed by atoms with Gasteiger partial charge in [-0.1, -0.05) is 13.0 Å². The van der Waals surface area contributed by atoms with E-state index in [2.05, 4.69) is 11.8 Å². The van der Waals surface area contributed by atoms with Crippen molar-refractivity contribution in [3.05, 3.63) is 29.6 Å². The van der Waals surface area contributed by atoms with Crippen molar-refractivity contribution in [2.75, 3.05) is 23.9 Å². The predicted octanol–water partition coefficient (Wildman–Crippen LogP) is 3.84. The third kappa shape index (κ3) is 3.12. The Morgan fingerprint density at radius 1 is 1.41 bits per heavy atom. The number of hydrogen-bond donors (Lipinski definition) is 0. The van der Waals surface area contributed by atoms with Crippen molar-refractivity contribution in [3.63, 3.8) is 0 Å². The summed E-state index contributed by atoms with van der Waals surface area (Å²) >= 11 is 5.73. The molecule has 1 aromatic carbocycles. The van der Waals surface area contributed by atoms with E-state index < -0.39 is 0 Å². The number of rotatable bonds is 5. The highest BCUT2D eigenvalue weighted by atomic mass is 35.5. The average molecular weight is 256 g/mol. The minimum absolute atomic E-state index is 0.135. The summed E-state index contributed by atoms with van der Waals surface area (Å²) < 4.78 is 13.2. The Balaban J connectivity index is 1.95. The number of benzene rings is 1. The fourth-order valence-electron chi connectivity index (χ4n) is 2.36. The molecule has 0 saturated heterocycles. The van der Waals surface area contributed by atoms with Crippen LogP contribution in [0.1, 0.15) is 25.3 Å². The molecule has 0 bridgehead atoms. The molecular weight excluding hydrogens is 237 g/mol. The Morgan fingerprint density at radius 3 is 3.00 bits per heavy atom. The van der Waals surface area contributed by atoms with E-state index in [-0.39, 0.29) is 5.82 Å². The molecule has 2 rings (SSSR count). The molecule has 0 radical (unpaired) electrons. The van der Waals surface area contributed by atoms with Gasteiger partial charge in [-0.3, -0.25) is 0 Å². The predicted molar refractivity (Wildman–Crippen MR) is 71.4 cm³/mol. The van der Waals surface area contributed by atoms with E-state index in [4.69, 9.17) is 11.6 Å². The lowest BCUT2D eigenvalue weighted by atomic mass is 10.1. The number of anilines is 1. The number of alkyl halides is 1. The Hall–Kier alpha value is -0.760. The molecule has 1 nitrogen and oxygen atoms in total. The van der Waals surface area contributed by atoms with Gasteiger partial charge in [0.1, 0.15) is 5.82 Å². The molecule has 3 heteroatoms. The van der Waals surface area contributed by atoms with Crippen LogP contribution in [0.2, 0.25) is 0 Å². The van der Waals surface area contributed by atoms with E-state index in [1.807, 2.05) is 6.07 Å². The molecule has 0 N–H and O–H groups in total. The van der Waals surface area contributed by atoms with Gasteiger partial charge in [-0.15, -0.1) is 11.6 Å². The van der Waals surface area contributed by atoms with Crippen LogP contribution in [0.25, 0.3) is 0 Å². The first-order valence-corrected chi connectivity index (χ1v) is 6.83. The summed E-state index contributed by atoms with van der Waals surface area (Å²) in [7, 11) is 0. The molecule has 0 fully saturated rings. The topological polar surface area (TPSA) is 3.24 Å². The van der Waals surface area contributed by atoms with Crippen molar-refractivity contribution in [1.82, 2.24) is 0 Å². The number of nitrogens with zero attached hydrogens (tertiary/aromatic N) is 1. The number of hydrogen-bond acceptors (Lipinski definition) is 1. The summed E-state index contributed by atoms with van der Waals surface area (Å²) in [6.07, 6.45) is 3.23. The van der Waals surface area contributed by atoms with Gasteiger partial charge in [0, 0.05) is 24.7 Å². The molecule has 17 heavy (non-hydrogen) atoms. The van der Waals surface area contributed by atoms with Crippen molar-refractivity contribution < 1.29 is 4.39 Å². The Labute approximate surface area is 108 Å². The van der Waals surface area contributed by atoms with Crippen LogP contribution in [-0.2, 0) is 6.42 Å². The van der Waals surface area contributed by atoms with Gasteiger partial charge in [0.05, 0.1) is 0 Å². The third-order valence-electron chi connectivity index (χ3n) is 3.53. The molecule has 0 amide bonds. The second-order valence-electron chi connectivity index (χ2n) is 4.88. The highest BCUT2D eigenvalue weighted by molar-refractivity contribution is 6.17. The zero-order valence-corrected chi connectivity index (χ0v) is 11.0. The van der Waals surface area contributed by atoms with Gasteiger partial charge >= 0.3 is 0 Å². The van der Waals surface area contributed by atoms with E-state index in [0.717, 1.165) is 43.9 Å². The zero-order valence-electron chi connectivity index (χ0n) is 10.3. The van der Waals surface area contributed by atoms with Crippen molar-refractivity contribution in [2.24, 2.45) is 5.92 Å². The van der Waals surface area contributed by atoms with E-state index in [1.165, 1.54) is 5.56 Å². The highest BCUT2D eigenvalue weighted by Gasteiger charge is 2.19. The van der Waals surface area contributed by atoms with Crippen LogP contribution in [0, 0.1) is 11.7 Å². The highest BCUT2D eigenvalue weighted by Crippen LogP contribution is 2.29. The first-order chi connectivity index (χ1) is 8.20. The van der Waals surface area contributed by atoms with Crippen molar-refractivity contribution in [3.8, 4) is 0 Å². The monoisotopic (exact) mass is 255 g/mol. The van der Waals surface area contributed by atoms with Crippen molar-refractivity contribution in [2.45, 2.75) is 26.2 Å². The van der Waals surface area contributed by atoms with Gasteiger partial charge in [-0.25, -0.2) is 4.39 Å². The molecule has 0 aliphatic carbocycles. The summed E-state index contributed by atoms with van der Waals surface area (Å²) in [6.45, 7) is 4.26. The van der Waals surface area contributed by atoms with Gasteiger partial charge < -0.3 is 4.90 Å². The van der Waals surface area contributed by atoms with Gasteiger partial charge in [0.2, 0.25) is 0 Å². The third-order valence-corrected chi connectivity index (χ3v) is 3.75. The molecular formula is C14H19ClFN. The van der Waals surface area contributed by atoms with Gasteiger partial charge in [-0.2, -0.15) is 0 Å². The van der Waals surface area contributed by atoms with Crippen LogP contribution in [0.3, 0.4) is 0 Å². The zero-order chi connectivity index (χ0) is 12.3. The first-order valence-electron chi connectivity index (χ1n) is 6.30. The largest absolute Gasteiger partial charge is 0.371 e. The number of halogens is 2. The molecule has 1 atom stereocenters. The minimum Gasteiger partial charge on any atom is -0.371 e. The second kappa shape index (κ2) is 5.72. The van der Waals surface area contributed by atoms with Crippen LogP contribution in [0.15, 0.2) is 18.2 Å². The van der Waals surface area contributed by atoms with Crippen LogP contribution in [-0.4, -0.2) is 19.0 Å². The molecule has 94 valence electrons. The standard InChI is InChI=1S/C14H19ClFN/c1-11(4-7-15)5-8-17-9-6-12-2-3-13(16)10-14(12)17/h2-3,10-11H,4-9H2,1H3. The lowest BCUT2D eigenvalue weighted by Gasteiger charge is -2.21. The maximum atomic E-state index is 13.2. The first kappa shape index (κ1) is 12.7. The van der Waals surface area contributed by atoms with Crippen molar-refractivity contribution in [1.29, 1.82) is 0 Å². The van der Waals surface area contributed by atoms with E-state index >= 15 is 0 Å². The molecule has 0 spiro atoms. The van der Waals surface area contributed by atoms with E-state index in [1.54, 1.807) is 12.1 Å². The molecule has 1 aromatic rings. The fraction of sp³-hybridized carbons (Fsp3) is 0.571. The van der Waals surface area contributed by atoms with Crippen LogP contribution >= 0.6 is 11.6 Å². The maximum absolute atomic E-state index is 13.2. The summed E-state index contributed by atoms with van der Waals surface area (Å²) in [4.78, 5) is 2.29. The number of fused-ring (bicyclic) bond motifs is 1. The molecule has 1 heterocycles. The molecule has 1 aliphatic rings. The Morgan fingerprint density at radius 2 is 2.24 bits per heavy atom. The maximum Gasteiger partial charge on any atom is 0.125 e. The van der Waals surface area contributed by atoms with Gasteiger partial charge in [-0.05, 0) is 42.9 Å². The molecule has 0 saturated carbocycles. The van der Waals surface area contributed by atoms with Crippen LogP contribution in [0.5, 0.6) is 0 Å². The summed E-state index contributed by atoms with van der Waals surface area (Å²) in [5, 5.41) is 0. The van der Waals surface area contributed by atoms with Gasteiger partial charge in [0.15, 0.2) is 0 Å². The quantitative estimate of drug-likeness (QED) is 0.723. The second-order valence-corrected chi connectivity index (χ2v) is 5.26. The lowest BCUT2D eigenvalue weighted by Crippen LogP contribution is -2.23. The Kier molecular flexibility index (Phi) is 4.27. The molecule has 1 aliphatic heterocycles. The normalized spacial score (nSPS) is 16.1. The van der Waals surface area contributed by atoms with Gasteiger partial charge in [0.25, 0.3) is 0 Å². The van der Waals surface area contributed by atoms with Crippen molar-refractivity contribution >= 4 is 17.3 Å². The fourth-order valence-corrected chi connectivity index (χ4v) is 2.73. The average Bonchev–Trinajstić information content (AvgIpc) is 2.69. The molecule has 0 aromatic heterocycles. The molecule has 1 unspecified atom stereocenters. The SMILES string of the molecule is CC(CCCl)CCN1CCc2ccc(F)cc21. The summed E-state index contributed by atoms with van der Waals surface area (Å²) in [5.41, 5.74) is 2.36. The smallest absolute Gasteiger partial charge is 0.125 e. The Bertz CT molecular complexity index is 380. The van der Waals surface area contributed by atoms with Crippen LogP contribution < -0.4 is 4.90 Å². The minimum atomic E-state index is -0.135. The van der Waals surface area contributed by atoms with Crippen LogP contribution in [0.4, 0.5) is 10.1 Å². The summed E-state index contributed by atoms with van der Waals surface area (Å²) in [6, 6.07) is 5.12. The van der Waals surface area contributed by atoms with E-state index in [9.17, 15) is 4.39 Å².